The highest BCUT2D eigenvalue weighted by Gasteiger charge is 2.13. The first-order chi connectivity index (χ1) is 15.6. The number of anilines is 4. The molecule has 0 aliphatic rings. The Morgan fingerprint density at radius 2 is 1.97 bits per heavy atom. The Bertz CT molecular complexity index is 1260. The Hall–Kier alpha value is -4.20. The Morgan fingerprint density at radius 3 is 2.72 bits per heavy atom. The number of imidazole rings is 1. The number of carbonyl (C=O) groups excluding carboxylic acids is 1. The van der Waals surface area contributed by atoms with Crippen LogP contribution in [0.3, 0.4) is 0 Å². The lowest BCUT2D eigenvalue weighted by atomic mass is 10.1. The lowest BCUT2D eigenvalue weighted by molar-refractivity contribution is -0.111. The van der Waals surface area contributed by atoms with Gasteiger partial charge in [0, 0.05) is 11.4 Å². The van der Waals surface area contributed by atoms with Crippen LogP contribution in [0.2, 0.25) is 0 Å². The minimum absolute atomic E-state index is 0.281. The molecule has 0 unspecified atom stereocenters. The second-order valence-corrected chi connectivity index (χ2v) is 7.39. The minimum Gasteiger partial charge on any atom is -0.382 e. The molecule has 162 valence electrons. The highest BCUT2D eigenvalue weighted by molar-refractivity contribution is 5.99. The van der Waals surface area contributed by atoms with Gasteiger partial charge in [0.25, 0.3) is 0 Å². The highest BCUT2D eigenvalue weighted by Crippen LogP contribution is 2.24. The van der Waals surface area contributed by atoms with Crippen molar-refractivity contribution in [3.63, 3.8) is 0 Å². The number of unbranched alkanes of at least 4 members (excludes halogenated alkanes) is 1. The van der Waals surface area contributed by atoms with Crippen molar-refractivity contribution in [2.75, 3.05) is 16.4 Å². The first kappa shape index (κ1) is 21.0. The van der Waals surface area contributed by atoms with Gasteiger partial charge in [0.05, 0.1) is 5.69 Å². The number of hydrogen-bond donors (Lipinski definition) is 3. The highest BCUT2D eigenvalue weighted by atomic mass is 16.1. The summed E-state index contributed by atoms with van der Waals surface area (Å²) in [6, 6.07) is 15.6. The van der Waals surface area contributed by atoms with E-state index in [9.17, 15) is 4.79 Å². The van der Waals surface area contributed by atoms with E-state index in [2.05, 4.69) is 51.2 Å². The standard InChI is InChI=1S/C24H25N7O/c1-3-5-7-16-10-12-17(13-11-16)28-24-29-22(25)21-23(30-24)31(15-26-21)19-9-6-8-18(14-19)27-20(32)4-2/h4,6,8-15H,2-3,5,7H2,1H3,(H,27,32)(H3,25,28,29,30). The first-order valence-corrected chi connectivity index (χ1v) is 10.5. The molecule has 4 aromatic rings. The van der Waals surface area contributed by atoms with Gasteiger partial charge in [-0.15, -0.1) is 0 Å². The largest absolute Gasteiger partial charge is 0.382 e. The monoisotopic (exact) mass is 427 g/mol. The molecule has 2 heterocycles. The molecule has 0 aliphatic carbocycles. The molecule has 0 bridgehead atoms. The maximum Gasteiger partial charge on any atom is 0.247 e. The van der Waals surface area contributed by atoms with E-state index in [1.165, 1.54) is 24.5 Å². The van der Waals surface area contributed by atoms with Crippen molar-refractivity contribution in [2.45, 2.75) is 26.2 Å². The molecule has 8 heteroatoms. The third kappa shape index (κ3) is 4.59. The zero-order chi connectivity index (χ0) is 22.5. The van der Waals surface area contributed by atoms with Crippen molar-refractivity contribution in [3.8, 4) is 5.69 Å². The maximum atomic E-state index is 11.6. The van der Waals surface area contributed by atoms with Gasteiger partial charge in [0.1, 0.15) is 6.33 Å². The molecule has 2 aromatic carbocycles. The van der Waals surface area contributed by atoms with E-state index in [0.717, 1.165) is 17.8 Å². The zero-order valence-corrected chi connectivity index (χ0v) is 17.9. The number of carbonyl (C=O) groups is 1. The van der Waals surface area contributed by atoms with Gasteiger partial charge in [-0.25, -0.2) is 4.98 Å². The smallest absolute Gasteiger partial charge is 0.247 e. The summed E-state index contributed by atoms with van der Waals surface area (Å²) in [6.07, 6.45) is 6.27. The molecule has 0 saturated heterocycles. The van der Waals surface area contributed by atoms with E-state index < -0.39 is 0 Å². The van der Waals surface area contributed by atoms with Gasteiger partial charge in [-0.2, -0.15) is 9.97 Å². The Morgan fingerprint density at radius 1 is 1.16 bits per heavy atom. The molecular weight excluding hydrogens is 402 g/mol. The van der Waals surface area contributed by atoms with Gasteiger partial charge < -0.3 is 16.4 Å². The van der Waals surface area contributed by atoms with Crippen LogP contribution in [0.25, 0.3) is 16.9 Å². The number of nitrogens with one attached hydrogen (secondary N) is 2. The van der Waals surface area contributed by atoms with Gasteiger partial charge in [-0.1, -0.05) is 38.1 Å². The molecule has 32 heavy (non-hydrogen) atoms. The van der Waals surface area contributed by atoms with Crippen LogP contribution in [-0.4, -0.2) is 25.4 Å². The van der Waals surface area contributed by atoms with Crippen molar-refractivity contribution in [1.82, 2.24) is 19.5 Å². The number of aryl methyl sites for hydroxylation is 1. The molecule has 4 N–H and O–H groups in total. The van der Waals surface area contributed by atoms with E-state index in [4.69, 9.17) is 5.73 Å². The van der Waals surface area contributed by atoms with Crippen LogP contribution in [0.1, 0.15) is 25.3 Å². The Labute approximate surface area is 186 Å². The second-order valence-electron chi connectivity index (χ2n) is 7.39. The normalized spacial score (nSPS) is 10.8. The predicted molar refractivity (Wildman–Crippen MR) is 128 cm³/mol. The third-order valence-corrected chi connectivity index (χ3v) is 5.03. The fraction of sp³-hybridized carbons (Fsp3) is 0.167. The zero-order valence-electron chi connectivity index (χ0n) is 17.9. The maximum absolute atomic E-state index is 11.6. The van der Waals surface area contributed by atoms with Gasteiger partial charge >= 0.3 is 0 Å². The molecule has 0 atom stereocenters. The number of hydrogen-bond acceptors (Lipinski definition) is 6. The lowest BCUT2D eigenvalue weighted by Crippen LogP contribution is -2.07. The average molecular weight is 428 g/mol. The Kier molecular flexibility index (Phi) is 6.12. The molecule has 1 amide bonds. The third-order valence-electron chi connectivity index (χ3n) is 5.03. The summed E-state index contributed by atoms with van der Waals surface area (Å²) in [5.74, 6) is 0.387. The van der Waals surface area contributed by atoms with Crippen molar-refractivity contribution in [1.29, 1.82) is 0 Å². The molecule has 4 rings (SSSR count). The molecule has 0 saturated carbocycles. The van der Waals surface area contributed by atoms with Crippen LogP contribution in [0, 0.1) is 0 Å². The molecule has 0 fully saturated rings. The SMILES string of the molecule is C=CC(=O)Nc1cccc(-n2cnc3c(N)nc(Nc4ccc(CCCC)cc4)nc32)c1. The summed E-state index contributed by atoms with van der Waals surface area (Å²) in [7, 11) is 0. The summed E-state index contributed by atoms with van der Waals surface area (Å²) < 4.78 is 1.80. The van der Waals surface area contributed by atoms with E-state index in [1.807, 2.05) is 30.3 Å². The van der Waals surface area contributed by atoms with Crippen LogP contribution >= 0.6 is 0 Å². The molecule has 0 aliphatic heterocycles. The molecule has 8 nitrogen and oxygen atoms in total. The predicted octanol–water partition coefficient (Wildman–Crippen LogP) is 4.61. The number of benzene rings is 2. The summed E-state index contributed by atoms with van der Waals surface area (Å²) in [6.45, 7) is 5.66. The van der Waals surface area contributed by atoms with Crippen molar-refractivity contribution in [2.24, 2.45) is 0 Å². The van der Waals surface area contributed by atoms with Gasteiger partial charge in [0.2, 0.25) is 11.9 Å². The number of nitrogens with zero attached hydrogens (tertiary/aromatic N) is 4. The van der Waals surface area contributed by atoms with Crippen LogP contribution in [0.15, 0.2) is 67.5 Å². The summed E-state index contributed by atoms with van der Waals surface area (Å²) in [5.41, 5.74) is 10.8. The molecule has 2 aromatic heterocycles. The van der Waals surface area contributed by atoms with Crippen LogP contribution in [0.5, 0.6) is 0 Å². The average Bonchev–Trinajstić information content (AvgIpc) is 3.23. The van der Waals surface area contributed by atoms with Crippen molar-refractivity contribution < 1.29 is 4.79 Å². The number of aromatic nitrogens is 4. The number of nitrogen functional groups attached to an aromatic ring is 1. The van der Waals surface area contributed by atoms with Gasteiger partial charge in [0.15, 0.2) is 17.0 Å². The fourth-order valence-electron chi connectivity index (χ4n) is 3.36. The topological polar surface area (TPSA) is 111 Å². The summed E-state index contributed by atoms with van der Waals surface area (Å²) >= 11 is 0. The minimum atomic E-state index is -0.281. The van der Waals surface area contributed by atoms with Crippen LogP contribution in [-0.2, 0) is 11.2 Å². The van der Waals surface area contributed by atoms with Crippen molar-refractivity contribution in [3.05, 3.63) is 73.1 Å². The fourth-order valence-corrected chi connectivity index (χ4v) is 3.36. The summed E-state index contributed by atoms with van der Waals surface area (Å²) in [4.78, 5) is 25.0. The van der Waals surface area contributed by atoms with E-state index in [-0.39, 0.29) is 11.7 Å². The molecular formula is C24H25N7O. The van der Waals surface area contributed by atoms with Gasteiger partial charge in [-0.05, 0) is 54.8 Å². The van der Waals surface area contributed by atoms with Crippen molar-refractivity contribution >= 4 is 40.2 Å². The molecule has 0 radical (unpaired) electrons. The van der Waals surface area contributed by atoms with Crippen LogP contribution in [0.4, 0.5) is 23.1 Å². The quantitative estimate of drug-likeness (QED) is 0.354. The van der Waals surface area contributed by atoms with E-state index in [0.29, 0.717) is 22.8 Å². The summed E-state index contributed by atoms with van der Waals surface area (Å²) in [5, 5.41) is 5.98. The Balaban J connectivity index is 1.64. The number of amides is 1. The number of rotatable bonds is 8. The molecule has 0 spiro atoms. The van der Waals surface area contributed by atoms with E-state index in [1.54, 1.807) is 17.0 Å². The van der Waals surface area contributed by atoms with Gasteiger partial charge in [-0.3, -0.25) is 9.36 Å². The number of fused-ring (bicyclic) bond motifs is 1. The van der Waals surface area contributed by atoms with E-state index >= 15 is 0 Å². The lowest BCUT2D eigenvalue weighted by Gasteiger charge is -2.10. The second kappa shape index (κ2) is 9.30. The first-order valence-electron chi connectivity index (χ1n) is 10.5. The number of nitrogens with two attached hydrogens (primary N) is 1. The van der Waals surface area contributed by atoms with Crippen LogP contribution < -0.4 is 16.4 Å².